The van der Waals surface area contributed by atoms with E-state index in [2.05, 4.69) is 20.4 Å². The molecular formula is C16H18N6O. The van der Waals surface area contributed by atoms with E-state index >= 15 is 0 Å². The maximum atomic E-state index is 12.4. The van der Waals surface area contributed by atoms with Crippen LogP contribution < -0.4 is 5.32 Å². The zero-order chi connectivity index (χ0) is 16.2. The van der Waals surface area contributed by atoms with E-state index in [1.54, 1.807) is 29.3 Å². The smallest absolute Gasteiger partial charge is 0.251 e. The van der Waals surface area contributed by atoms with Gasteiger partial charge in [0.1, 0.15) is 12.2 Å². The number of benzene rings is 1. The van der Waals surface area contributed by atoms with Crippen LogP contribution in [0.15, 0.2) is 49.3 Å². The molecule has 7 nitrogen and oxygen atoms in total. The number of rotatable bonds is 5. The number of amides is 1. The summed E-state index contributed by atoms with van der Waals surface area (Å²) in [5, 5.41) is 7.05. The van der Waals surface area contributed by atoms with Gasteiger partial charge < -0.3 is 9.88 Å². The Morgan fingerprint density at radius 1 is 1.30 bits per heavy atom. The first-order chi connectivity index (χ1) is 11.2. The van der Waals surface area contributed by atoms with Crippen LogP contribution in [0.25, 0.3) is 5.69 Å². The molecule has 0 aliphatic rings. The molecule has 0 fully saturated rings. The van der Waals surface area contributed by atoms with Crippen molar-refractivity contribution in [3.05, 3.63) is 60.7 Å². The van der Waals surface area contributed by atoms with Gasteiger partial charge in [-0.3, -0.25) is 9.48 Å². The van der Waals surface area contributed by atoms with Crippen LogP contribution >= 0.6 is 0 Å². The summed E-state index contributed by atoms with van der Waals surface area (Å²) >= 11 is 0. The molecule has 1 aromatic carbocycles. The third-order valence-electron chi connectivity index (χ3n) is 3.70. The molecule has 0 radical (unpaired) electrons. The van der Waals surface area contributed by atoms with E-state index in [1.807, 2.05) is 36.9 Å². The Hall–Kier alpha value is -2.96. The lowest BCUT2D eigenvalue weighted by Crippen LogP contribution is -2.30. The van der Waals surface area contributed by atoms with Crippen molar-refractivity contribution in [3.8, 4) is 5.69 Å². The summed E-state index contributed by atoms with van der Waals surface area (Å²) in [5.74, 6) is 0.618. The first-order valence-electron chi connectivity index (χ1n) is 7.42. The van der Waals surface area contributed by atoms with Gasteiger partial charge in [-0.05, 0) is 30.7 Å². The molecular weight excluding hydrogens is 292 g/mol. The number of imidazole rings is 1. The second-order valence-electron chi connectivity index (χ2n) is 5.19. The molecule has 3 aromatic rings. The monoisotopic (exact) mass is 310 g/mol. The maximum absolute atomic E-state index is 12.4. The molecule has 1 N–H and O–H groups in total. The standard InChI is InChI=1S/C16H18N6O/c1-3-14(15-18-10-19-21(15)2)20-16(23)12-4-6-13(7-5-12)22-9-8-17-11-22/h4-11,14H,3H2,1-2H3,(H,20,23)/t14-/m0/s1. The number of nitrogens with zero attached hydrogens (tertiary/aromatic N) is 5. The highest BCUT2D eigenvalue weighted by Gasteiger charge is 2.18. The lowest BCUT2D eigenvalue weighted by atomic mass is 10.1. The zero-order valence-corrected chi connectivity index (χ0v) is 13.0. The highest BCUT2D eigenvalue weighted by molar-refractivity contribution is 5.94. The predicted molar refractivity (Wildman–Crippen MR) is 85.1 cm³/mol. The quantitative estimate of drug-likeness (QED) is 0.780. The number of nitrogens with one attached hydrogen (secondary N) is 1. The number of hydrogen-bond acceptors (Lipinski definition) is 4. The summed E-state index contributed by atoms with van der Waals surface area (Å²) in [6, 6.07) is 7.21. The van der Waals surface area contributed by atoms with Crippen molar-refractivity contribution >= 4 is 5.91 Å². The van der Waals surface area contributed by atoms with Crippen molar-refractivity contribution in [1.82, 2.24) is 29.6 Å². The van der Waals surface area contributed by atoms with Crippen LogP contribution in [0.4, 0.5) is 0 Å². The Bertz CT molecular complexity index is 775. The Labute approximate surface area is 134 Å². The van der Waals surface area contributed by atoms with Crippen LogP contribution in [0.1, 0.15) is 35.6 Å². The van der Waals surface area contributed by atoms with E-state index in [0.29, 0.717) is 5.56 Å². The minimum absolute atomic E-state index is 0.128. The molecule has 7 heteroatoms. The van der Waals surface area contributed by atoms with Crippen LogP contribution in [0, 0.1) is 0 Å². The molecule has 118 valence electrons. The largest absolute Gasteiger partial charge is 0.342 e. The van der Waals surface area contributed by atoms with Gasteiger partial charge in [0.05, 0.1) is 12.4 Å². The van der Waals surface area contributed by atoms with Crippen LogP contribution in [0.2, 0.25) is 0 Å². The minimum atomic E-state index is -0.164. The number of hydrogen-bond donors (Lipinski definition) is 1. The topological polar surface area (TPSA) is 77.6 Å². The third kappa shape index (κ3) is 3.13. The molecule has 0 bridgehead atoms. The molecule has 0 saturated carbocycles. The normalized spacial score (nSPS) is 12.1. The second kappa shape index (κ2) is 6.43. The fourth-order valence-corrected chi connectivity index (χ4v) is 2.41. The lowest BCUT2D eigenvalue weighted by Gasteiger charge is -2.16. The first kappa shape index (κ1) is 15.0. The summed E-state index contributed by atoms with van der Waals surface area (Å²) in [5.41, 5.74) is 1.56. The zero-order valence-electron chi connectivity index (χ0n) is 13.0. The molecule has 0 aliphatic carbocycles. The van der Waals surface area contributed by atoms with E-state index in [9.17, 15) is 4.79 Å². The Morgan fingerprint density at radius 2 is 2.09 bits per heavy atom. The Balaban J connectivity index is 1.74. The average molecular weight is 310 g/mol. The summed E-state index contributed by atoms with van der Waals surface area (Å²) < 4.78 is 3.56. The molecule has 0 unspecified atom stereocenters. The van der Waals surface area contributed by atoms with Gasteiger partial charge in [-0.15, -0.1) is 0 Å². The van der Waals surface area contributed by atoms with Crippen molar-refractivity contribution in [2.45, 2.75) is 19.4 Å². The molecule has 0 saturated heterocycles. The van der Waals surface area contributed by atoms with Crippen molar-refractivity contribution in [1.29, 1.82) is 0 Å². The van der Waals surface area contributed by atoms with Crippen LogP contribution in [-0.2, 0) is 7.05 Å². The highest BCUT2D eigenvalue weighted by Crippen LogP contribution is 2.15. The van der Waals surface area contributed by atoms with Crippen molar-refractivity contribution in [3.63, 3.8) is 0 Å². The van der Waals surface area contributed by atoms with Gasteiger partial charge in [-0.25, -0.2) is 9.97 Å². The van der Waals surface area contributed by atoms with Gasteiger partial charge in [0.15, 0.2) is 0 Å². The van der Waals surface area contributed by atoms with Crippen LogP contribution in [0.5, 0.6) is 0 Å². The van der Waals surface area contributed by atoms with Crippen molar-refractivity contribution in [2.75, 3.05) is 0 Å². The molecule has 23 heavy (non-hydrogen) atoms. The van der Waals surface area contributed by atoms with Gasteiger partial charge >= 0.3 is 0 Å². The number of carbonyl (C=O) groups is 1. The van der Waals surface area contributed by atoms with Crippen molar-refractivity contribution < 1.29 is 4.79 Å². The number of aromatic nitrogens is 5. The van der Waals surface area contributed by atoms with Gasteiger partial charge in [-0.2, -0.15) is 5.10 Å². The van der Waals surface area contributed by atoms with E-state index in [0.717, 1.165) is 17.9 Å². The highest BCUT2D eigenvalue weighted by atomic mass is 16.1. The third-order valence-corrected chi connectivity index (χ3v) is 3.70. The first-order valence-corrected chi connectivity index (χ1v) is 7.42. The van der Waals surface area contributed by atoms with Crippen molar-refractivity contribution in [2.24, 2.45) is 7.05 Å². The average Bonchev–Trinajstić information content (AvgIpc) is 3.24. The fourth-order valence-electron chi connectivity index (χ4n) is 2.41. The Kier molecular flexibility index (Phi) is 4.18. The molecule has 3 rings (SSSR count). The van der Waals surface area contributed by atoms with Gasteiger partial charge in [-0.1, -0.05) is 6.92 Å². The molecule has 0 aliphatic heterocycles. The second-order valence-corrected chi connectivity index (χ2v) is 5.19. The maximum Gasteiger partial charge on any atom is 0.251 e. The molecule has 2 aromatic heterocycles. The van der Waals surface area contributed by atoms with Gasteiger partial charge in [0.25, 0.3) is 5.91 Å². The van der Waals surface area contributed by atoms with Crippen LogP contribution in [0.3, 0.4) is 0 Å². The SMILES string of the molecule is CC[C@H](NC(=O)c1ccc(-n2ccnc2)cc1)c1ncnn1C. The number of aryl methyl sites for hydroxylation is 1. The van der Waals surface area contributed by atoms with E-state index in [-0.39, 0.29) is 11.9 Å². The minimum Gasteiger partial charge on any atom is -0.342 e. The Morgan fingerprint density at radius 3 is 2.65 bits per heavy atom. The van der Waals surface area contributed by atoms with Gasteiger partial charge in [0.2, 0.25) is 0 Å². The molecule has 0 spiro atoms. The fraction of sp³-hybridized carbons (Fsp3) is 0.250. The van der Waals surface area contributed by atoms with E-state index in [1.165, 1.54) is 6.33 Å². The van der Waals surface area contributed by atoms with E-state index in [4.69, 9.17) is 0 Å². The molecule has 1 atom stereocenters. The van der Waals surface area contributed by atoms with Crippen LogP contribution in [-0.4, -0.2) is 30.2 Å². The summed E-state index contributed by atoms with van der Waals surface area (Å²) in [6.07, 6.45) is 7.52. The number of carbonyl (C=O) groups excluding carboxylic acids is 1. The summed E-state index contributed by atoms with van der Waals surface area (Å²) in [7, 11) is 1.82. The molecule has 1 amide bonds. The van der Waals surface area contributed by atoms with Gasteiger partial charge in [0, 0.05) is 30.7 Å². The predicted octanol–water partition coefficient (Wildman–Crippen LogP) is 1.88. The summed E-state index contributed by atoms with van der Waals surface area (Å²) in [4.78, 5) is 20.7. The lowest BCUT2D eigenvalue weighted by molar-refractivity contribution is 0.0933. The summed E-state index contributed by atoms with van der Waals surface area (Å²) in [6.45, 7) is 2.00. The molecule has 2 heterocycles. The van der Waals surface area contributed by atoms with E-state index < -0.39 is 0 Å².